The van der Waals surface area contributed by atoms with E-state index in [1.165, 1.54) is 5.56 Å². The van der Waals surface area contributed by atoms with Crippen molar-refractivity contribution in [3.8, 4) is 0 Å². The summed E-state index contributed by atoms with van der Waals surface area (Å²) in [4.78, 5) is 34.3. The number of piperazine rings is 1. The minimum absolute atomic E-state index is 0.0117. The molecule has 0 N–H and O–H groups in total. The molecule has 29 heavy (non-hydrogen) atoms. The Labute approximate surface area is 173 Å². The van der Waals surface area contributed by atoms with Crippen LogP contribution in [0.2, 0.25) is 0 Å². The zero-order chi connectivity index (χ0) is 20.5. The predicted octanol–water partition coefficient (Wildman–Crippen LogP) is 1.49. The number of nitrogens with zero attached hydrogens (tertiary/aromatic N) is 4. The molecule has 0 aromatic heterocycles. The van der Waals surface area contributed by atoms with E-state index in [0.717, 1.165) is 13.0 Å². The number of morpholine rings is 1. The maximum absolute atomic E-state index is 13.4. The van der Waals surface area contributed by atoms with Crippen LogP contribution in [0.25, 0.3) is 0 Å². The number of carbonyl (C=O) groups is 2. The van der Waals surface area contributed by atoms with Gasteiger partial charge in [0.25, 0.3) is 0 Å². The number of likely N-dealkylation sites (tertiary alicyclic amines) is 1. The molecule has 3 saturated heterocycles. The van der Waals surface area contributed by atoms with Gasteiger partial charge in [0.2, 0.25) is 5.91 Å². The first kappa shape index (κ1) is 20.2. The molecule has 0 saturated carbocycles. The summed E-state index contributed by atoms with van der Waals surface area (Å²) in [5, 5.41) is 0. The van der Waals surface area contributed by atoms with E-state index in [4.69, 9.17) is 4.74 Å². The lowest BCUT2D eigenvalue weighted by Gasteiger charge is -2.47. The second-order valence-electron chi connectivity index (χ2n) is 8.65. The van der Waals surface area contributed by atoms with Crippen LogP contribution in [0.4, 0.5) is 4.79 Å². The Hall–Kier alpha value is -2.12. The highest BCUT2D eigenvalue weighted by Crippen LogP contribution is 2.40. The summed E-state index contributed by atoms with van der Waals surface area (Å²) in [7, 11) is 3.59. The zero-order valence-corrected chi connectivity index (χ0v) is 17.7. The highest BCUT2D eigenvalue weighted by Gasteiger charge is 2.54. The van der Waals surface area contributed by atoms with Crippen molar-refractivity contribution in [1.29, 1.82) is 0 Å². The van der Waals surface area contributed by atoms with Gasteiger partial charge in [0.15, 0.2) is 0 Å². The van der Waals surface area contributed by atoms with Crippen LogP contribution in [0.15, 0.2) is 30.3 Å². The minimum Gasteiger partial charge on any atom is -0.378 e. The maximum Gasteiger partial charge on any atom is 0.319 e. The molecule has 3 fully saturated rings. The smallest absolute Gasteiger partial charge is 0.319 e. The Balaban J connectivity index is 1.60. The third-order valence-corrected chi connectivity index (χ3v) is 6.66. The van der Waals surface area contributed by atoms with Gasteiger partial charge in [0, 0.05) is 58.4 Å². The average Bonchev–Trinajstić information content (AvgIpc) is 3.01. The molecule has 2 bridgehead atoms. The molecule has 4 atom stereocenters. The van der Waals surface area contributed by atoms with E-state index in [0.29, 0.717) is 32.8 Å². The molecule has 3 aliphatic rings. The first-order chi connectivity index (χ1) is 14.0. The highest BCUT2D eigenvalue weighted by atomic mass is 16.5. The summed E-state index contributed by atoms with van der Waals surface area (Å²) < 4.78 is 5.43. The Morgan fingerprint density at radius 3 is 2.48 bits per heavy atom. The molecular weight excluding hydrogens is 368 g/mol. The summed E-state index contributed by atoms with van der Waals surface area (Å²) in [6, 6.07) is 10.7. The van der Waals surface area contributed by atoms with E-state index >= 15 is 0 Å². The minimum atomic E-state index is -0.0724. The van der Waals surface area contributed by atoms with Crippen LogP contribution in [-0.4, -0.2) is 96.6 Å². The standard InChI is InChI=1S/C22H32N4O3/c1-16-20-19(21(27)24-9-11-29-12-10-24)13-18(15-25(16)22(28)23(2)3)26(20)14-17-7-5-4-6-8-17/h4-8,16,18-20H,9-15H2,1-3H3/t16?,18-,19+,20-/m1/s1. The Bertz CT molecular complexity index is 735. The number of urea groups is 1. The third kappa shape index (κ3) is 3.85. The molecule has 3 amide bonds. The van der Waals surface area contributed by atoms with E-state index in [2.05, 4.69) is 36.1 Å². The van der Waals surface area contributed by atoms with Crippen LogP contribution in [0, 0.1) is 5.92 Å². The van der Waals surface area contributed by atoms with Crippen molar-refractivity contribution in [2.24, 2.45) is 5.92 Å². The van der Waals surface area contributed by atoms with E-state index in [9.17, 15) is 9.59 Å². The second-order valence-corrected chi connectivity index (χ2v) is 8.65. The quantitative estimate of drug-likeness (QED) is 0.772. The number of fused-ring (bicyclic) bond motifs is 2. The van der Waals surface area contributed by atoms with Gasteiger partial charge >= 0.3 is 6.03 Å². The van der Waals surface area contributed by atoms with Crippen LogP contribution in [-0.2, 0) is 16.1 Å². The summed E-state index contributed by atoms with van der Waals surface area (Å²) in [5.41, 5.74) is 1.25. The van der Waals surface area contributed by atoms with Crippen molar-refractivity contribution in [3.05, 3.63) is 35.9 Å². The number of hydrogen-bond acceptors (Lipinski definition) is 4. The Morgan fingerprint density at radius 2 is 1.83 bits per heavy atom. The molecule has 1 aromatic rings. The molecule has 7 heteroatoms. The number of carbonyl (C=O) groups excluding carboxylic acids is 2. The Kier molecular flexibility index (Phi) is 5.79. The largest absolute Gasteiger partial charge is 0.378 e. The number of rotatable bonds is 3. The van der Waals surface area contributed by atoms with Crippen molar-refractivity contribution >= 4 is 11.9 Å². The molecule has 7 nitrogen and oxygen atoms in total. The van der Waals surface area contributed by atoms with Gasteiger partial charge in [-0.2, -0.15) is 0 Å². The van der Waals surface area contributed by atoms with Gasteiger partial charge in [0.05, 0.1) is 19.1 Å². The molecule has 1 unspecified atom stereocenters. The number of ether oxygens (including phenoxy) is 1. The van der Waals surface area contributed by atoms with Gasteiger partial charge in [-0.05, 0) is 18.9 Å². The maximum atomic E-state index is 13.4. The molecule has 1 aromatic carbocycles. The van der Waals surface area contributed by atoms with Crippen molar-refractivity contribution in [2.75, 3.05) is 46.9 Å². The molecule has 3 aliphatic heterocycles. The fourth-order valence-corrected chi connectivity index (χ4v) is 5.22. The van der Waals surface area contributed by atoms with E-state index in [1.807, 2.05) is 15.9 Å². The van der Waals surface area contributed by atoms with Gasteiger partial charge in [-0.15, -0.1) is 0 Å². The van der Waals surface area contributed by atoms with Crippen LogP contribution in [0.5, 0.6) is 0 Å². The summed E-state index contributed by atoms with van der Waals surface area (Å²) in [6.07, 6.45) is 0.815. The lowest BCUT2D eigenvalue weighted by atomic mass is 9.92. The zero-order valence-electron chi connectivity index (χ0n) is 17.7. The highest BCUT2D eigenvalue weighted by molar-refractivity contribution is 5.81. The lowest BCUT2D eigenvalue weighted by Crippen LogP contribution is -2.63. The molecule has 4 rings (SSSR count). The predicted molar refractivity (Wildman–Crippen MR) is 110 cm³/mol. The van der Waals surface area contributed by atoms with E-state index in [1.54, 1.807) is 19.0 Å². The molecule has 3 heterocycles. The van der Waals surface area contributed by atoms with Gasteiger partial charge in [0.1, 0.15) is 0 Å². The molecule has 0 radical (unpaired) electrons. The van der Waals surface area contributed by atoms with Gasteiger partial charge < -0.3 is 19.4 Å². The monoisotopic (exact) mass is 400 g/mol. The van der Waals surface area contributed by atoms with Gasteiger partial charge in [-0.1, -0.05) is 30.3 Å². The van der Waals surface area contributed by atoms with E-state index < -0.39 is 0 Å². The normalized spacial score (nSPS) is 29.8. The fourth-order valence-electron chi connectivity index (χ4n) is 5.22. The number of hydrogen-bond donors (Lipinski definition) is 0. The SMILES string of the molecule is CC1[C@@H]2[C@@H](C(=O)N3CCOCC3)C[C@H](CN1C(=O)N(C)C)N2Cc1ccccc1. The Morgan fingerprint density at radius 1 is 1.14 bits per heavy atom. The van der Waals surface area contributed by atoms with Crippen molar-refractivity contribution in [1.82, 2.24) is 19.6 Å². The van der Waals surface area contributed by atoms with Crippen LogP contribution >= 0.6 is 0 Å². The number of amides is 3. The molecule has 158 valence electrons. The average molecular weight is 401 g/mol. The van der Waals surface area contributed by atoms with Gasteiger partial charge in [-0.3, -0.25) is 9.69 Å². The molecular formula is C22H32N4O3. The summed E-state index contributed by atoms with van der Waals surface area (Å²) >= 11 is 0. The van der Waals surface area contributed by atoms with Crippen LogP contribution in [0.1, 0.15) is 18.9 Å². The lowest BCUT2D eigenvalue weighted by molar-refractivity contribution is -0.141. The van der Waals surface area contributed by atoms with Crippen LogP contribution < -0.4 is 0 Å². The molecule has 0 aliphatic carbocycles. The number of benzene rings is 1. The van der Waals surface area contributed by atoms with Crippen molar-refractivity contribution in [2.45, 2.75) is 38.0 Å². The van der Waals surface area contributed by atoms with E-state index in [-0.39, 0.29) is 36.0 Å². The molecule has 0 spiro atoms. The van der Waals surface area contributed by atoms with Crippen molar-refractivity contribution < 1.29 is 14.3 Å². The fraction of sp³-hybridized carbons (Fsp3) is 0.636. The topological polar surface area (TPSA) is 56.3 Å². The second kappa shape index (κ2) is 8.32. The first-order valence-corrected chi connectivity index (χ1v) is 10.6. The summed E-state index contributed by atoms with van der Waals surface area (Å²) in [5.74, 6) is 0.154. The third-order valence-electron chi connectivity index (χ3n) is 6.66. The first-order valence-electron chi connectivity index (χ1n) is 10.6. The summed E-state index contributed by atoms with van der Waals surface area (Å²) in [6.45, 7) is 6.15. The van der Waals surface area contributed by atoms with Crippen LogP contribution in [0.3, 0.4) is 0 Å². The van der Waals surface area contributed by atoms with Crippen molar-refractivity contribution in [3.63, 3.8) is 0 Å². The van der Waals surface area contributed by atoms with Gasteiger partial charge in [-0.25, -0.2) is 4.79 Å².